The third kappa shape index (κ3) is 2.87. The molecule has 0 radical (unpaired) electrons. The van der Waals surface area contributed by atoms with Crippen molar-refractivity contribution in [2.24, 2.45) is 0 Å². The molecule has 0 atom stereocenters. The molecule has 1 aromatic carbocycles. The molecule has 0 saturated carbocycles. The van der Waals surface area contributed by atoms with E-state index in [1.165, 1.54) is 5.56 Å². The lowest BCUT2D eigenvalue weighted by atomic mass is 10.0. The second-order valence-electron chi connectivity index (χ2n) is 3.68. The van der Waals surface area contributed by atoms with Crippen molar-refractivity contribution in [3.05, 3.63) is 29.8 Å². The van der Waals surface area contributed by atoms with Gasteiger partial charge in [-0.1, -0.05) is 32.9 Å². The molecule has 0 unspecified atom stereocenters. The van der Waals surface area contributed by atoms with Crippen LogP contribution in [-0.4, -0.2) is 5.91 Å². The van der Waals surface area contributed by atoms with Crippen LogP contribution in [0.1, 0.15) is 38.7 Å². The summed E-state index contributed by atoms with van der Waals surface area (Å²) in [4.78, 5) is 11.2. The van der Waals surface area contributed by atoms with Crippen LogP contribution in [0.25, 0.3) is 0 Å². The maximum atomic E-state index is 11.2. The Morgan fingerprint density at radius 1 is 1.43 bits per heavy atom. The molecule has 0 aliphatic carbocycles. The van der Waals surface area contributed by atoms with Crippen LogP contribution in [-0.2, 0) is 4.79 Å². The van der Waals surface area contributed by atoms with Crippen molar-refractivity contribution in [3.8, 4) is 0 Å². The smallest absolute Gasteiger partial charge is 0.224 e. The Labute approximate surface area is 85.3 Å². The van der Waals surface area contributed by atoms with E-state index in [-0.39, 0.29) is 5.91 Å². The first kappa shape index (κ1) is 10.8. The van der Waals surface area contributed by atoms with E-state index in [0.717, 1.165) is 5.69 Å². The molecule has 14 heavy (non-hydrogen) atoms. The van der Waals surface area contributed by atoms with E-state index >= 15 is 0 Å². The van der Waals surface area contributed by atoms with Gasteiger partial charge >= 0.3 is 0 Å². The number of nitrogens with one attached hydrogen (secondary N) is 1. The van der Waals surface area contributed by atoms with Gasteiger partial charge in [0.25, 0.3) is 0 Å². The summed E-state index contributed by atoms with van der Waals surface area (Å²) in [6.45, 7) is 6.13. The van der Waals surface area contributed by atoms with Gasteiger partial charge in [0.2, 0.25) is 5.91 Å². The highest BCUT2D eigenvalue weighted by Gasteiger charge is 2.02. The first-order chi connectivity index (χ1) is 6.63. The van der Waals surface area contributed by atoms with E-state index in [2.05, 4.69) is 25.2 Å². The largest absolute Gasteiger partial charge is 0.326 e. The van der Waals surface area contributed by atoms with E-state index in [9.17, 15) is 4.79 Å². The van der Waals surface area contributed by atoms with Gasteiger partial charge in [0, 0.05) is 12.1 Å². The highest BCUT2D eigenvalue weighted by molar-refractivity contribution is 5.90. The molecular formula is C12H17NO. The summed E-state index contributed by atoms with van der Waals surface area (Å²) in [6, 6.07) is 7.99. The lowest BCUT2D eigenvalue weighted by Crippen LogP contribution is -2.09. The van der Waals surface area contributed by atoms with E-state index in [0.29, 0.717) is 12.3 Å². The number of anilines is 1. The topological polar surface area (TPSA) is 29.1 Å². The molecule has 0 spiro atoms. The fourth-order valence-electron chi connectivity index (χ4n) is 1.22. The number of hydrogen-bond donors (Lipinski definition) is 1. The second-order valence-corrected chi connectivity index (χ2v) is 3.68. The minimum absolute atomic E-state index is 0.0610. The fourth-order valence-corrected chi connectivity index (χ4v) is 1.22. The molecule has 0 bridgehead atoms. The molecule has 2 heteroatoms. The maximum Gasteiger partial charge on any atom is 0.224 e. The number of carbonyl (C=O) groups is 1. The van der Waals surface area contributed by atoms with Crippen molar-refractivity contribution in [3.63, 3.8) is 0 Å². The van der Waals surface area contributed by atoms with Crippen LogP contribution < -0.4 is 5.32 Å². The third-order valence-electron chi connectivity index (χ3n) is 2.16. The number of carbonyl (C=O) groups excluding carboxylic acids is 1. The first-order valence-corrected chi connectivity index (χ1v) is 5.03. The molecule has 0 saturated heterocycles. The molecule has 0 fully saturated rings. The molecule has 0 aliphatic heterocycles. The summed E-state index contributed by atoms with van der Waals surface area (Å²) in [5.74, 6) is 0.555. The predicted molar refractivity (Wildman–Crippen MR) is 59.5 cm³/mol. The van der Waals surface area contributed by atoms with Gasteiger partial charge in [-0.2, -0.15) is 0 Å². The zero-order chi connectivity index (χ0) is 10.6. The summed E-state index contributed by atoms with van der Waals surface area (Å²) < 4.78 is 0. The minimum atomic E-state index is 0.0610. The van der Waals surface area contributed by atoms with Crippen molar-refractivity contribution < 1.29 is 4.79 Å². The summed E-state index contributed by atoms with van der Waals surface area (Å²) in [6.07, 6.45) is 0.520. The van der Waals surface area contributed by atoms with Crippen LogP contribution >= 0.6 is 0 Å². The highest BCUT2D eigenvalue weighted by atomic mass is 16.1. The van der Waals surface area contributed by atoms with E-state index in [1.54, 1.807) is 0 Å². The summed E-state index contributed by atoms with van der Waals surface area (Å²) >= 11 is 0. The van der Waals surface area contributed by atoms with Gasteiger partial charge in [0.1, 0.15) is 0 Å². The Bertz CT molecular complexity index is 318. The van der Waals surface area contributed by atoms with E-state index < -0.39 is 0 Å². The maximum absolute atomic E-state index is 11.2. The van der Waals surface area contributed by atoms with Gasteiger partial charge in [0.05, 0.1) is 0 Å². The molecule has 76 valence electrons. The third-order valence-corrected chi connectivity index (χ3v) is 2.16. The van der Waals surface area contributed by atoms with Crippen LogP contribution in [0.2, 0.25) is 0 Å². The van der Waals surface area contributed by atoms with Crippen LogP contribution in [0.5, 0.6) is 0 Å². The molecule has 0 aliphatic rings. The van der Waals surface area contributed by atoms with Crippen molar-refractivity contribution in [1.29, 1.82) is 0 Å². The molecule has 1 N–H and O–H groups in total. The normalized spacial score (nSPS) is 10.3. The van der Waals surface area contributed by atoms with Crippen LogP contribution in [0.3, 0.4) is 0 Å². The summed E-state index contributed by atoms with van der Waals surface area (Å²) in [5, 5.41) is 2.85. The molecule has 1 rings (SSSR count). The minimum Gasteiger partial charge on any atom is -0.326 e. The SMILES string of the molecule is CCC(=O)Nc1cccc(C(C)C)c1. The average Bonchev–Trinajstić information content (AvgIpc) is 2.18. The Kier molecular flexibility index (Phi) is 3.69. The zero-order valence-electron chi connectivity index (χ0n) is 9.00. The van der Waals surface area contributed by atoms with Crippen molar-refractivity contribution in [1.82, 2.24) is 0 Å². The van der Waals surface area contributed by atoms with Gasteiger partial charge < -0.3 is 5.32 Å². The Hall–Kier alpha value is -1.31. The standard InChI is InChI=1S/C12H17NO/c1-4-12(14)13-11-7-5-6-10(8-11)9(2)3/h5-9H,4H2,1-3H3,(H,13,14). The van der Waals surface area contributed by atoms with Crippen LogP contribution in [0, 0.1) is 0 Å². The summed E-state index contributed by atoms with van der Waals surface area (Å²) in [7, 11) is 0. The Morgan fingerprint density at radius 3 is 2.71 bits per heavy atom. The van der Waals surface area contributed by atoms with Crippen LogP contribution in [0.15, 0.2) is 24.3 Å². The average molecular weight is 191 g/mol. The van der Waals surface area contributed by atoms with Gasteiger partial charge in [-0.05, 0) is 23.6 Å². The van der Waals surface area contributed by atoms with Crippen molar-refractivity contribution >= 4 is 11.6 Å². The predicted octanol–water partition coefficient (Wildman–Crippen LogP) is 3.16. The highest BCUT2D eigenvalue weighted by Crippen LogP contribution is 2.18. The van der Waals surface area contributed by atoms with Crippen molar-refractivity contribution in [2.45, 2.75) is 33.1 Å². The lowest BCUT2D eigenvalue weighted by Gasteiger charge is -2.08. The Morgan fingerprint density at radius 2 is 2.14 bits per heavy atom. The molecule has 0 aromatic heterocycles. The second kappa shape index (κ2) is 4.80. The van der Waals surface area contributed by atoms with Gasteiger partial charge in [-0.3, -0.25) is 4.79 Å². The molecule has 1 aromatic rings. The number of benzene rings is 1. The molecule has 1 amide bonds. The Balaban J connectivity index is 2.78. The number of rotatable bonds is 3. The molecular weight excluding hydrogens is 174 g/mol. The van der Waals surface area contributed by atoms with Crippen LogP contribution in [0.4, 0.5) is 5.69 Å². The van der Waals surface area contributed by atoms with E-state index in [4.69, 9.17) is 0 Å². The molecule has 2 nitrogen and oxygen atoms in total. The van der Waals surface area contributed by atoms with E-state index in [1.807, 2.05) is 25.1 Å². The monoisotopic (exact) mass is 191 g/mol. The molecule has 0 heterocycles. The van der Waals surface area contributed by atoms with Gasteiger partial charge in [-0.15, -0.1) is 0 Å². The number of amides is 1. The fraction of sp³-hybridized carbons (Fsp3) is 0.417. The summed E-state index contributed by atoms with van der Waals surface area (Å²) in [5.41, 5.74) is 2.14. The lowest BCUT2D eigenvalue weighted by molar-refractivity contribution is -0.115. The first-order valence-electron chi connectivity index (χ1n) is 5.03. The quantitative estimate of drug-likeness (QED) is 0.781. The van der Waals surface area contributed by atoms with Gasteiger partial charge in [-0.25, -0.2) is 0 Å². The number of hydrogen-bond acceptors (Lipinski definition) is 1. The van der Waals surface area contributed by atoms with Gasteiger partial charge in [0.15, 0.2) is 0 Å². The van der Waals surface area contributed by atoms with Crippen molar-refractivity contribution in [2.75, 3.05) is 5.32 Å². The zero-order valence-corrected chi connectivity index (χ0v) is 9.00.